The largest absolute Gasteiger partial charge is 0.507 e. The summed E-state index contributed by atoms with van der Waals surface area (Å²) in [6.07, 6.45) is 12.3. The first kappa shape index (κ1) is 30.3. The average Bonchev–Trinajstić information content (AvgIpc) is 3.44. The van der Waals surface area contributed by atoms with Crippen LogP contribution in [-0.4, -0.2) is 47.6 Å². The lowest BCUT2D eigenvalue weighted by molar-refractivity contribution is -0.272. The number of phenolic OH excluding ortho intramolecular Hbond substituents is 1. The molecule has 7 nitrogen and oxygen atoms in total. The van der Waals surface area contributed by atoms with Gasteiger partial charge < -0.3 is 24.6 Å². The minimum Gasteiger partial charge on any atom is -0.507 e. The first-order valence-corrected chi connectivity index (χ1v) is 17.3. The van der Waals surface area contributed by atoms with Gasteiger partial charge in [0.2, 0.25) is 0 Å². The Morgan fingerprint density at radius 2 is 1.86 bits per heavy atom. The molecular formula is C37H51NO6. The molecule has 7 heteroatoms. The minimum atomic E-state index is -0.802. The number of benzene rings is 1. The molecule has 1 amide bonds. The third kappa shape index (κ3) is 4.66. The Balaban J connectivity index is 1.00. The average molecular weight is 606 g/mol. The van der Waals surface area contributed by atoms with Gasteiger partial charge in [0.05, 0.1) is 18.3 Å². The zero-order valence-corrected chi connectivity index (χ0v) is 27.1. The quantitative estimate of drug-likeness (QED) is 0.290. The molecule has 2 aliphatic heterocycles. The third-order valence-electron chi connectivity index (χ3n) is 13.5. The molecule has 2 heterocycles. The van der Waals surface area contributed by atoms with E-state index in [2.05, 4.69) is 39.1 Å². The van der Waals surface area contributed by atoms with Gasteiger partial charge in [-0.05, 0) is 104 Å². The number of nitrogens with one attached hydrogen (secondary N) is 1. The van der Waals surface area contributed by atoms with Gasteiger partial charge in [-0.1, -0.05) is 51.5 Å². The minimum absolute atomic E-state index is 0.109. The van der Waals surface area contributed by atoms with Gasteiger partial charge in [0.1, 0.15) is 17.9 Å². The van der Waals surface area contributed by atoms with E-state index in [4.69, 9.17) is 14.2 Å². The number of para-hydroxylation sites is 1. The number of hydrogen-bond acceptors (Lipinski definition) is 6. The zero-order valence-electron chi connectivity index (χ0n) is 27.1. The highest BCUT2D eigenvalue weighted by Gasteiger charge is 2.68. The van der Waals surface area contributed by atoms with E-state index in [1.807, 2.05) is 0 Å². The van der Waals surface area contributed by atoms with Crippen molar-refractivity contribution in [3.05, 3.63) is 41.5 Å². The maximum atomic E-state index is 13.0. The summed E-state index contributed by atoms with van der Waals surface area (Å²) >= 11 is 0. The number of amides is 1. The second-order valence-corrected chi connectivity index (χ2v) is 15.8. The topological polar surface area (TPSA) is 94.1 Å². The van der Waals surface area contributed by atoms with E-state index >= 15 is 0 Å². The van der Waals surface area contributed by atoms with Crippen LogP contribution in [0.4, 0.5) is 0 Å². The fourth-order valence-corrected chi connectivity index (χ4v) is 11.0. The number of carbonyl (C=O) groups is 2. The Kier molecular flexibility index (Phi) is 7.48. The molecule has 7 rings (SSSR count). The van der Waals surface area contributed by atoms with Crippen LogP contribution in [0.2, 0.25) is 0 Å². The summed E-state index contributed by atoms with van der Waals surface area (Å²) in [7, 11) is 0. The maximum Gasteiger partial charge on any atom is 0.328 e. The molecule has 0 unspecified atom stereocenters. The monoisotopic (exact) mass is 605 g/mol. The van der Waals surface area contributed by atoms with E-state index in [-0.39, 0.29) is 28.6 Å². The van der Waals surface area contributed by atoms with E-state index in [9.17, 15) is 14.7 Å². The number of esters is 1. The molecule has 4 aliphatic carbocycles. The van der Waals surface area contributed by atoms with E-state index < -0.39 is 17.9 Å². The highest BCUT2D eigenvalue weighted by Crippen LogP contribution is 2.70. The zero-order chi connectivity index (χ0) is 31.0. The lowest BCUT2D eigenvalue weighted by Gasteiger charge is -2.58. The summed E-state index contributed by atoms with van der Waals surface area (Å²) in [6.45, 7) is 12.2. The predicted octanol–water partition coefficient (Wildman–Crippen LogP) is 6.79. The number of carbonyl (C=O) groups excluding carboxylic acids is 2. The maximum absolute atomic E-state index is 13.0. The van der Waals surface area contributed by atoms with Crippen LogP contribution in [0.25, 0.3) is 0 Å². The van der Waals surface area contributed by atoms with Gasteiger partial charge in [0.15, 0.2) is 5.79 Å². The number of fused-ring (bicyclic) bond motifs is 7. The summed E-state index contributed by atoms with van der Waals surface area (Å²) in [5.74, 6) is 2.26. The van der Waals surface area contributed by atoms with Crippen LogP contribution in [0.3, 0.4) is 0 Å². The Morgan fingerprint density at radius 3 is 2.61 bits per heavy atom. The number of ether oxygens (including phenoxy) is 3. The molecule has 2 N–H and O–H groups in total. The second-order valence-electron chi connectivity index (χ2n) is 15.8. The molecule has 1 aromatic carbocycles. The summed E-state index contributed by atoms with van der Waals surface area (Å²) in [4.78, 5) is 25.6. The summed E-state index contributed by atoms with van der Waals surface area (Å²) in [5.41, 5.74) is 2.05. The van der Waals surface area contributed by atoms with Crippen molar-refractivity contribution in [1.29, 1.82) is 0 Å². The van der Waals surface area contributed by atoms with Crippen molar-refractivity contribution >= 4 is 11.9 Å². The standard InChI is InChI=1S/C37H51NO6/c1-21-12-17-37(42-20-21)22(2)32-31(44-37)19-29-26-11-10-24-18-25(13-15-35(24,4)28(26)14-16-36(29,32)5)43-34(41)23(3)38-33(40)27-8-6-7-9-30(27)39/h6-10,21-23,25-26,28-29,31-32,39H,11-20H2,1-5H3,(H,38,40)/t21-,22+,23+,25+,26-,28+,29+,31+,32+,35+,36+,37-/m1/s1. The van der Waals surface area contributed by atoms with Crippen LogP contribution < -0.4 is 5.32 Å². The Bertz CT molecular complexity index is 1330. The van der Waals surface area contributed by atoms with Crippen molar-refractivity contribution in [3.63, 3.8) is 0 Å². The molecule has 0 aromatic heterocycles. The Morgan fingerprint density at radius 1 is 1.07 bits per heavy atom. The van der Waals surface area contributed by atoms with Crippen molar-refractivity contribution < 1.29 is 28.9 Å². The lowest BCUT2D eigenvalue weighted by atomic mass is 9.47. The van der Waals surface area contributed by atoms with Gasteiger partial charge in [0, 0.05) is 18.8 Å². The molecule has 0 bridgehead atoms. The van der Waals surface area contributed by atoms with E-state index in [0.717, 1.165) is 45.1 Å². The molecule has 3 saturated carbocycles. The lowest BCUT2D eigenvalue weighted by Crippen LogP contribution is -2.52. The summed E-state index contributed by atoms with van der Waals surface area (Å²) in [5, 5.41) is 12.7. The van der Waals surface area contributed by atoms with Crippen molar-refractivity contribution in [1.82, 2.24) is 5.32 Å². The third-order valence-corrected chi connectivity index (χ3v) is 13.5. The number of aromatic hydroxyl groups is 1. The molecule has 12 atom stereocenters. The smallest absolute Gasteiger partial charge is 0.328 e. The van der Waals surface area contributed by atoms with Gasteiger partial charge in [-0.2, -0.15) is 0 Å². The van der Waals surface area contributed by atoms with E-state index in [1.165, 1.54) is 37.0 Å². The molecule has 1 spiro atoms. The van der Waals surface area contributed by atoms with Crippen LogP contribution in [0.5, 0.6) is 5.75 Å². The van der Waals surface area contributed by atoms with Crippen molar-refractivity contribution in [2.24, 2.45) is 46.3 Å². The normalized spacial score (nSPS) is 44.9. The van der Waals surface area contributed by atoms with E-state index in [1.54, 1.807) is 19.1 Å². The number of phenols is 1. The molecular weight excluding hydrogens is 554 g/mol. The van der Waals surface area contributed by atoms with Gasteiger partial charge in [0.25, 0.3) is 5.91 Å². The predicted molar refractivity (Wildman–Crippen MR) is 167 cm³/mol. The number of allylic oxidation sites excluding steroid dienone is 1. The molecule has 240 valence electrons. The Hall–Kier alpha value is -2.38. The van der Waals surface area contributed by atoms with Gasteiger partial charge >= 0.3 is 5.97 Å². The molecule has 0 radical (unpaired) electrons. The molecule has 5 fully saturated rings. The molecule has 44 heavy (non-hydrogen) atoms. The van der Waals surface area contributed by atoms with Crippen LogP contribution >= 0.6 is 0 Å². The van der Waals surface area contributed by atoms with E-state index in [0.29, 0.717) is 47.0 Å². The number of rotatable bonds is 4. The van der Waals surface area contributed by atoms with Crippen LogP contribution in [0.15, 0.2) is 35.9 Å². The molecule has 2 saturated heterocycles. The SMILES string of the molecule is C[C@@H]1CC[C@@]2(OC1)O[C@H]1C[C@H]3[C@@H]4CC=C5C[C@@H](OC(=O)[C@H](C)NC(=O)c6ccccc6O)CC[C@]5(C)[C@H]4CC[C@]3(C)[C@H]1[C@@H]2C. The van der Waals surface area contributed by atoms with Crippen LogP contribution in [-0.2, 0) is 19.0 Å². The van der Waals surface area contributed by atoms with Crippen molar-refractivity contribution in [3.8, 4) is 5.75 Å². The fourth-order valence-electron chi connectivity index (χ4n) is 11.0. The van der Waals surface area contributed by atoms with Gasteiger partial charge in [-0.15, -0.1) is 0 Å². The first-order chi connectivity index (χ1) is 20.9. The first-order valence-electron chi connectivity index (χ1n) is 17.3. The summed E-state index contributed by atoms with van der Waals surface area (Å²) < 4.78 is 19.4. The highest BCUT2D eigenvalue weighted by molar-refractivity contribution is 5.98. The fraction of sp³-hybridized carbons (Fsp3) is 0.730. The highest BCUT2D eigenvalue weighted by atomic mass is 16.7. The Labute approximate surface area is 262 Å². The molecule has 6 aliphatic rings. The second kappa shape index (κ2) is 10.9. The molecule has 1 aromatic rings. The van der Waals surface area contributed by atoms with Crippen LogP contribution in [0, 0.1) is 46.3 Å². The van der Waals surface area contributed by atoms with Crippen molar-refractivity contribution in [2.45, 2.75) is 116 Å². The summed E-state index contributed by atoms with van der Waals surface area (Å²) in [6, 6.07) is 5.53. The van der Waals surface area contributed by atoms with Crippen molar-refractivity contribution in [2.75, 3.05) is 6.61 Å². The van der Waals surface area contributed by atoms with Gasteiger partial charge in [-0.25, -0.2) is 4.79 Å². The number of hydrogen-bond donors (Lipinski definition) is 2. The van der Waals surface area contributed by atoms with Crippen LogP contribution in [0.1, 0.15) is 103 Å². The van der Waals surface area contributed by atoms with Gasteiger partial charge in [-0.3, -0.25) is 4.79 Å².